The molecule has 0 saturated heterocycles. The molecule has 0 aliphatic rings. The number of benzene rings is 2. The maximum atomic E-state index is 5.99. The van der Waals surface area contributed by atoms with Gasteiger partial charge >= 0.3 is 0 Å². The number of aryl methyl sites for hydroxylation is 2. The van der Waals surface area contributed by atoms with E-state index in [0.717, 1.165) is 25.2 Å². The van der Waals surface area contributed by atoms with Crippen LogP contribution in [0.15, 0.2) is 54.6 Å². The first kappa shape index (κ1) is 25.5. The third-order valence-corrected chi connectivity index (χ3v) is 6.19. The second kappa shape index (κ2) is 17.9. The summed E-state index contributed by atoms with van der Waals surface area (Å²) >= 11 is 0. The Morgan fingerprint density at radius 1 is 0.516 bits per heavy atom. The van der Waals surface area contributed by atoms with Gasteiger partial charge in [0, 0.05) is 0 Å². The molecule has 0 radical (unpaired) electrons. The molecule has 0 aliphatic heterocycles. The zero-order chi connectivity index (χ0) is 21.8. The molecule has 172 valence electrons. The van der Waals surface area contributed by atoms with Crippen molar-refractivity contribution in [2.45, 2.75) is 110 Å². The second-order valence-electron chi connectivity index (χ2n) is 9.08. The molecule has 0 aromatic heterocycles. The summed E-state index contributed by atoms with van der Waals surface area (Å²) in [6, 6.07) is 19.4. The van der Waals surface area contributed by atoms with Crippen LogP contribution in [0, 0.1) is 0 Å². The summed E-state index contributed by atoms with van der Waals surface area (Å²) in [6.07, 6.45) is 21.7. The topological polar surface area (TPSA) is 9.23 Å². The van der Waals surface area contributed by atoms with Gasteiger partial charge in [-0.05, 0) is 48.9 Å². The first-order valence-corrected chi connectivity index (χ1v) is 13.1. The van der Waals surface area contributed by atoms with Crippen molar-refractivity contribution in [1.29, 1.82) is 0 Å². The summed E-state index contributed by atoms with van der Waals surface area (Å²) in [5.74, 6) is 1.03. The van der Waals surface area contributed by atoms with Crippen LogP contribution in [0.2, 0.25) is 0 Å². The van der Waals surface area contributed by atoms with Gasteiger partial charge in [0.05, 0.1) is 6.61 Å². The Balaban J connectivity index is 1.44. The van der Waals surface area contributed by atoms with E-state index in [1.165, 1.54) is 101 Å². The maximum absolute atomic E-state index is 5.99. The Bertz CT molecular complexity index is 648. The molecule has 0 unspecified atom stereocenters. The third kappa shape index (κ3) is 13.3. The van der Waals surface area contributed by atoms with Crippen molar-refractivity contribution in [3.63, 3.8) is 0 Å². The molecule has 31 heavy (non-hydrogen) atoms. The molecule has 0 atom stereocenters. The highest BCUT2D eigenvalue weighted by atomic mass is 16.5. The SMILES string of the molecule is CCCCCCCCCCCCCCCc1cccc(OCCCc2ccccc2)c1. The minimum absolute atomic E-state index is 0.789. The smallest absolute Gasteiger partial charge is 0.119 e. The molecule has 0 saturated carbocycles. The van der Waals surface area contributed by atoms with Crippen molar-refractivity contribution in [2.24, 2.45) is 0 Å². The first-order chi connectivity index (χ1) is 15.4. The number of rotatable bonds is 19. The zero-order valence-corrected chi connectivity index (χ0v) is 20.1. The van der Waals surface area contributed by atoms with Crippen molar-refractivity contribution >= 4 is 0 Å². The van der Waals surface area contributed by atoms with Crippen molar-refractivity contribution in [3.8, 4) is 5.75 Å². The first-order valence-electron chi connectivity index (χ1n) is 13.1. The van der Waals surface area contributed by atoms with Crippen LogP contribution in [0.5, 0.6) is 5.75 Å². The number of hydrogen-bond acceptors (Lipinski definition) is 1. The number of unbranched alkanes of at least 4 members (excludes halogenated alkanes) is 12. The lowest BCUT2D eigenvalue weighted by atomic mass is 10.0. The van der Waals surface area contributed by atoms with Gasteiger partial charge < -0.3 is 4.74 Å². The third-order valence-electron chi connectivity index (χ3n) is 6.19. The van der Waals surface area contributed by atoms with Gasteiger partial charge in [-0.2, -0.15) is 0 Å². The summed E-state index contributed by atoms with van der Waals surface area (Å²) < 4.78 is 5.99. The number of hydrogen-bond donors (Lipinski definition) is 0. The summed E-state index contributed by atoms with van der Waals surface area (Å²) in [6.45, 7) is 3.08. The lowest BCUT2D eigenvalue weighted by Crippen LogP contribution is -2.00. The highest BCUT2D eigenvalue weighted by Crippen LogP contribution is 2.17. The van der Waals surface area contributed by atoms with Gasteiger partial charge in [-0.1, -0.05) is 126 Å². The van der Waals surface area contributed by atoms with E-state index in [2.05, 4.69) is 61.5 Å². The highest BCUT2D eigenvalue weighted by Gasteiger charge is 1.99. The van der Waals surface area contributed by atoms with E-state index < -0.39 is 0 Å². The molecule has 2 aromatic carbocycles. The molecule has 1 heteroatoms. The van der Waals surface area contributed by atoms with Crippen LogP contribution < -0.4 is 4.74 Å². The van der Waals surface area contributed by atoms with Crippen molar-refractivity contribution in [1.82, 2.24) is 0 Å². The van der Waals surface area contributed by atoms with E-state index in [0.29, 0.717) is 0 Å². The number of ether oxygens (including phenoxy) is 1. The molecule has 0 aliphatic carbocycles. The molecular weight excluding hydrogens is 376 g/mol. The van der Waals surface area contributed by atoms with E-state index in [1.54, 1.807) is 0 Å². The van der Waals surface area contributed by atoms with E-state index in [9.17, 15) is 0 Å². The Labute approximate surface area is 192 Å². The fraction of sp³-hybridized carbons (Fsp3) is 0.600. The van der Waals surface area contributed by atoms with Gasteiger partial charge in [-0.25, -0.2) is 0 Å². The van der Waals surface area contributed by atoms with Gasteiger partial charge in [0.15, 0.2) is 0 Å². The predicted molar refractivity (Wildman–Crippen MR) is 136 cm³/mol. The Morgan fingerprint density at radius 2 is 1.06 bits per heavy atom. The summed E-state index contributed by atoms with van der Waals surface area (Å²) in [5, 5.41) is 0. The van der Waals surface area contributed by atoms with Gasteiger partial charge in [-0.3, -0.25) is 0 Å². The van der Waals surface area contributed by atoms with Crippen molar-refractivity contribution in [3.05, 3.63) is 65.7 Å². The van der Waals surface area contributed by atoms with E-state index in [4.69, 9.17) is 4.74 Å². The lowest BCUT2D eigenvalue weighted by Gasteiger charge is -2.08. The Kier molecular flexibility index (Phi) is 14.7. The molecule has 0 N–H and O–H groups in total. The molecule has 0 heterocycles. The highest BCUT2D eigenvalue weighted by molar-refractivity contribution is 5.28. The van der Waals surface area contributed by atoms with E-state index in [-0.39, 0.29) is 0 Å². The van der Waals surface area contributed by atoms with E-state index in [1.807, 2.05) is 0 Å². The van der Waals surface area contributed by atoms with Crippen molar-refractivity contribution < 1.29 is 4.74 Å². The summed E-state index contributed by atoms with van der Waals surface area (Å²) in [7, 11) is 0. The second-order valence-corrected chi connectivity index (χ2v) is 9.08. The van der Waals surface area contributed by atoms with Gasteiger partial charge in [0.2, 0.25) is 0 Å². The molecule has 2 aromatic rings. The van der Waals surface area contributed by atoms with Crippen LogP contribution in [0.4, 0.5) is 0 Å². The largest absolute Gasteiger partial charge is 0.494 e. The average molecular weight is 423 g/mol. The quantitative estimate of drug-likeness (QED) is 0.205. The zero-order valence-electron chi connectivity index (χ0n) is 20.1. The fourth-order valence-electron chi connectivity index (χ4n) is 4.25. The molecule has 0 bridgehead atoms. The average Bonchev–Trinajstić information content (AvgIpc) is 2.81. The summed E-state index contributed by atoms with van der Waals surface area (Å²) in [5.41, 5.74) is 2.81. The monoisotopic (exact) mass is 422 g/mol. The Morgan fingerprint density at radius 3 is 1.71 bits per heavy atom. The van der Waals surface area contributed by atoms with Gasteiger partial charge in [0.1, 0.15) is 5.75 Å². The molecule has 0 spiro atoms. The molecule has 0 amide bonds. The van der Waals surface area contributed by atoms with Crippen LogP contribution >= 0.6 is 0 Å². The Hall–Kier alpha value is -1.76. The van der Waals surface area contributed by atoms with Gasteiger partial charge in [-0.15, -0.1) is 0 Å². The lowest BCUT2D eigenvalue weighted by molar-refractivity contribution is 0.310. The molecule has 1 nitrogen and oxygen atoms in total. The molecule has 2 rings (SSSR count). The molecular formula is C30H46O. The normalized spacial score (nSPS) is 11.0. The van der Waals surface area contributed by atoms with Crippen molar-refractivity contribution in [2.75, 3.05) is 6.61 Å². The maximum Gasteiger partial charge on any atom is 0.119 e. The van der Waals surface area contributed by atoms with Crippen LogP contribution in [0.3, 0.4) is 0 Å². The van der Waals surface area contributed by atoms with Crippen LogP contribution in [0.25, 0.3) is 0 Å². The van der Waals surface area contributed by atoms with Crippen LogP contribution in [-0.2, 0) is 12.8 Å². The van der Waals surface area contributed by atoms with Gasteiger partial charge in [0.25, 0.3) is 0 Å². The molecule has 0 fully saturated rings. The standard InChI is InChI=1S/C30H46O/c1-2-3-4-5-6-7-8-9-10-11-12-13-15-22-29-23-18-25-30(27-29)31-26-19-24-28-20-16-14-17-21-28/h14,16-18,20-21,23,25,27H,2-13,15,19,22,24,26H2,1H3. The minimum atomic E-state index is 0.789. The minimum Gasteiger partial charge on any atom is -0.494 e. The predicted octanol–water partition coefficient (Wildman–Crippen LogP) is 9.33. The van der Waals surface area contributed by atoms with Crippen LogP contribution in [-0.4, -0.2) is 6.61 Å². The summed E-state index contributed by atoms with van der Waals surface area (Å²) in [4.78, 5) is 0. The van der Waals surface area contributed by atoms with E-state index >= 15 is 0 Å². The van der Waals surface area contributed by atoms with Crippen LogP contribution in [0.1, 0.15) is 108 Å². The fourth-order valence-corrected chi connectivity index (χ4v) is 4.25.